The summed E-state index contributed by atoms with van der Waals surface area (Å²) in [6.07, 6.45) is 4.83. The number of nitrogens with zero attached hydrogens (tertiary/aromatic N) is 2. The summed E-state index contributed by atoms with van der Waals surface area (Å²) >= 11 is 0. The number of piperidine rings is 1. The van der Waals surface area contributed by atoms with Gasteiger partial charge in [-0.05, 0) is 57.8 Å². The molecule has 0 aliphatic carbocycles. The van der Waals surface area contributed by atoms with Crippen LogP contribution >= 0.6 is 0 Å². The molecule has 1 amide bonds. The number of hydrogen-bond donors (Lipinski definition) is 1. The van der Waals surface area contributed by atoms with Gasteiger partial charge in [-0.25, -0.2) is 0 Å². The number of ether oxygens (including phenoxy) is 1. The summed E-state index contributed by atoms with van der Waals surface area (Å²) in [5.74, 6) is 1.65. The summed E-state index contributed by atoms with van der Waals surface area (Å²) in [5, 5.41) is 3.57. The molecule has 0 radical (unpaired) electrons. The van der Waals surface area contributed by atoms with E-state index in [1.165, 1.54) is 25.9 Å². The third kappa shape index (κ3) is 5.44. The summed E-state index contributed by atoms with van der Waals surface area (Å²) in [7, 11) is 2.20. The molecule has 1 aromatic carbocycles. The van der Waals surface area contributed by atoms with Gasteiger partial charge in [0.15, 0.2) is 6.61 Å². The lowest BCUT2D eigenvalue weighted by Crippen LogP contribution is -2.37. The Bertz CT molecular complexity index is 558. The van der Waals surface area contributed by atoms with Crippen molar-refractivity contribution < 1.29 is 9.53 Å². The Morgan fingerprint density at radius 2 is 2.00 bits per heavy atom. The van der Waals surface area contributed by atoms with Gasteiger partial charge in [0.05, 0.1) is 0 Å². The van der Waals surface area contributed by atoms with Gasteiger partial charge >= 0.3 is 0 Å². The first-order valence-electron chi connectivity index (χ1n) is 9.60. The van der Waals surface area contributed by atoms with Gasteiger partial charge in [-0.2, -0.15) is 0 Å². The van der Waals surface area contributed by atoms with Crippen molar-refractivity contribution in [1.82, 2.24) is 15.1 Å². The molecular formula is C20H31N3O2. The first kappa shape index (κ1) is 18.2. The van der Waals surface area contributed by atoms with E-state index in [4.69, 9.17) is 4.74 Å². The number of carbonyl (C=O) groups is 1. The molecule has 2 aliphatic rings. The summed E-state index contributed by atoms with van der Waals surface area (Å²) < 4.78 is 5.83. The fourth-order valence-electron chi connectivity index (χ4n) is 3.84. The molecule has 2 fully saturated rings. The van der Waals surface area contributed by atoms with Crippen LogP contribution in [-0.4, -0.2) is 62.1 Å². The van der Waals surface area contributed by atoms with Crippen LogP contribution in [0, 0.1) is 5.92 Å². The van der Waals surface area contributed by atoms with Crippen molar-refractivity contribution in [2.24, 2.45) is 5.92 Å². The summed E-state index contributed by atoms with van der Waals surface area (Å²) in [6, 6.07) is 8.04. The van der Waals surface area contributed by atoms with Crippen molar-refractivity contribution in [3.8, 4) is 5.75 Å². The molecule has 5 heteroatoms. The molecule has 138 valence electrons. The fraction of sp³-hybridized carbons (Fsp3) is 0.650. The third-order valence-corrected chi connectivity index (χ3v) is 5.25. The van der Waals surface area contributed by atoms with E-state index < -0.39 is 0 Å². The van der Waals surface area contributed by atoms with E-state index in [-0.39, 0.29) is 12.5 Å². The van der Waals surface area contributed by atoms with Crippen LogP contribution in [0.5, 0.6) is 5.75 Å². The van der Waals surface area contributed by atoms with Crippen LogP contribution < -0.4 is 10.1 Å². The van der Waals surface area contributed by atoms with E-state index in [2.05, 4.69) is 23.3 Å². The van der Waals surface area contributed by atoms with E-state index in [0.717, 1.165) is 56.3 Å². The Hall–Kier alpha value is -1.59. The van der Waals surface area contributed by atoms with Crippen molar-refractivity contribution >= 4 is 5.91 Å². The molecule has 25 heavy (non-hydrogen) atoms. The van der Waals surface area contributed by atoms with Crippen molar-refractivity contribution in [2.75, 3.05) is 46.4 Å². The maximum Gasteiger partial charge on any atom is 0.260 e. The van der Waals surface area contributed by atoms with Crippen LogP contribution in [0.15, 0.2) is 24.3 Å². The van der Waals surface area contributed by atoms with E-state index in [0.29, 0.717) is 0 Å². The molecule has 2 saturated heterocycles. The van der Waals surface area contributed by atoms with Crippen LogP contribution in [0.1, 0.15) is 31.2 Å². The number of amides is 1. The monoisotopic (exact) mass is 345 g/mol. The van der Waals surface area contributed by atoms with Crippen molar-refractivity contribution in [3.05, 3.63) is 29.8 Å². The highest BCUT2D eigenvalue weighted by Gasteiger charge is 2.19. The number of hydrogen-bond acceptors (Lipinski definition) is 4. The zero-order valence-electron chi connectivity index (χ0n) is 15.4. The zero-order chi connectivity index (χ0) is 17.5. The minimum Gasteiger partial charge on any atom is -0.483 e. The molecule has 2 aliphatic heterocycles. The first-order chi connectivity index (χ1) is 12.2. The number of carbonyl (C=O) groups excluding carboxylic acids is 1. The molecule has 0 unspecified atom stereocenters. The highest BCUT2D eigenvalue weighted by atomic mass is 16.5. The molecule has 0 bridgehead atoms. The van der Waals surface area contributed by atoms with Crippen LogP contribution in [0.3, 0.4) is 0 Å². The lowest BCUT2D eigenvalue weighted by atomic mass is 9.98. The van der Waals surface area contributed by atoms with Gasteiger partial charge in [0.25, 0.3) is 5.91 Å². The molecule has 0 aromatic heterocycles. The molecule has 1 atom stereocenters. The molecule has 1 aromatic rings. The average Bonchev–Trinajstić information content (AvgIpc) is 3.15. The van der Waals surface area contributed by atoms with Gasteiger partial charge in [0.2, 0.25) is 0 Å². The number of rotatable bonds is 7. The molecular weight excluding hydrogens is 314 g/mol. The SMILES string of the molecule is CN1CCC[C@@H](CNCc2ccccc2OCC(=O)N2CCCC2)C1. The predicted octanol–water partition coefficient (Wildman–Crippen LogP) is 2.12. The number of likely N-dealkylation sites (tertiary alicyclic amines) is 2. The van der Waals surface area contributed by atoms with E-state index in [1.807, 2.05) is 23.1 Å². The minimum absolute atomic E-state index is 0.102. The normalized spacial score (nSPS) is 21.5. The first-order valence-corrected chi connectivity index (χ1v) is 9.60. The van der Waals surface area contributed by atoms with Crippen LogP contribution in [0.25, 0.3) is 0 Å². The predicted molar refractivity (Wildman–Crippen MR) is 99.7 cm³/mol. The van der Waals surface area contributed by atoms with Gasteiger partial charge in [-0.1, -0.05) is 18.2 Å². The van der Waals surface area contributed by atoms with E-state index in [1.54, 1.807) is 0 Å². The second kappa shape index (κ2) is 9.20. The Morgan fingerprint density at radius 1 is 1.20 bits per heavy atom. The number of para-hydroxylation sites is 1. The third-order valence-electron chi connectivity index (χ3n) is 5.25. The second-order valence-electron chi connectivity index (χ2n) is 7.39. The van der Waals surface area contributed by atoms with Gasteiger partial charge in [0.1, 0.15) is 5.75 Å². The Labute approximate surface area is 151 Å². The Kier molecular flexibility index (Phi) is 6.70. The highest BCUT2D eigenvalue weighted by Crippen LogP contribution is 2.19. The molecule has 5 nitrogen and oxygen atoms in total. The maximum atomic E-state index is 12.2. The van der Waals surface area contributed by atoms with Crippen molar-refractivity contribution in [3.63, 3.8) is 0 Å². The van der Waals surface area contributed by atoms with Crippen LogP contribution in [-0.2, 0) is 11.3 Å². The lowest BCUT2D eigenvalue weighted by Gasteiger charge is -2.29. The minimum atomic E-state index is 0.102. The van der Waals surface area contributed by atoms with Crippen LogP contribution in [0.2, 0.25) is 0 Å². The topological polar surface area (TPSA) is 44.8 Å². The highest BCUT2D eigenvalue weighted by molar-refractivity contribution is 5.78. The summed E-state index contributed by atoms with van der Waals surface area (Å²) in [5.41, 5.74) is 1.13. The molecule has 0 spiro atoms. The average molecular weight is 345 g/mol. The number of benzene rings is 1. The molecule has 3 rings (SSSR count). The summed E-state index contributed by atoms with van der Waals surface area (Å²) in [6.45, 7) is 6.11. The number of nitrogens with one attached hydrogen (secondary N) is 1. The second-order valence-corrected chi connectivity index (χ2v) is 7.39. The van der Waals surface area contributed by atoms with Crippen LogP contribution in [0.4, 0.5) is 0 Å². The van der Waals surface area contributed by atoms with Crippen molar-refractivity contribution in [1.29, 1.82) is 0 Å². The van der Waals surface area contributed by atoms with Gasteiger partial charge in [-0.15, -0.1) is 0 Å². The lowest BCUT2D eigenvalue weighted by molar-refractivity contribution is -0.132. The standard InChI is InChI=1S/C20H31N3O2/c1-22-10-6-7-17(15-22)13-21-14-18-8-2-3-9-19(18)25-16-20(24)23-11-4-5-12-23/h2-3,8-9,17,21H,4-7,10-16H2,1H3/t17-/m0/s1. The van der Waals surface area contributed by atoms with Crippen molar-refractivity contribution in [2.45, 2.75) is 32.2 Å². The maximum absolute atomic E-state index is 12.2. The zero-order valence-corrected chi connectivity index (χ0v) is 15.4. The van der Waals surface area contributed by atoms with E-state index >= 15 is 0 Å². The van der Waals surface area contributed by atoms with Gasteiger partial charge < -0.3 is 19.9 Å². The Morgan fingerprint density at radius 3 is 2.80 bits per heavy atom. The quantitative estimate of drug-likeness (QED) is 0.822. The molecule has 0 saturated carbocycles. The molecule has 2 heterocycles. The Balaban J connectivity index is 1.46. The van der Waals surface area contributed by atoms with Gasteiger partial charge in [0, 0.05) is 31.7 Å². The largest absolute Gasteiger partial charge is 0.483 e. The van der Waals surface area contributed by atoms with Gasteiger partial charge in [-0.3, -0.25) is 4.79 Å². The molecule has 1 N–H and O–H groups in total. The van der Waals surface area contributed by atoms with E-state index in [9.17, 15) is 4.79 Å². The smallest absolute Gasteiger partial charge is 0.260 e. The fourth-order valence-corrected chi connectivity index (χ4v) is 3.84. The summed E-state index contributed by atoms with van der Waals surface area (Å²) in [4.78, 5) is 16.5.